The van der Waals surface area contributed by atoms with Crippen LogP contribution in [0.4, 0.5) is 4.39 Å². The summed E-state index contributed by atoms with van der Waals surface area (Å²) < 4.78 is 15.7. The van der Waals surface area contributed by atoms with Gasteiger partial charge in [0, 0.05) is 24.3 Å². The number of carbonyl (C=O) groups is 1. The Morgan fingerprint density at radius 2 is 2.11 bits per heavy atom. The summed E-state index contributed by atoms with van der Waals surface area (Å²) in [6, 6.07) is 6.45. The fraction of sp³-hybridized carbons (Fsp3) is 0.350. The van der Waals surface area contributed by atoms with Gasteiger partial charge >= 0.3 is 5.97 Å². The molecule has 3 aromatic rings. The van der Waals surface area contributed by atoms with Gasteiger partial charge in [-0.3, -0.25) is 14.2 Å². The third-order valence-electron chi connectivity index (χ3n) is 4.98. The standard InChI is InChI=1S/C20H19FN2O3S/c21-14-7-2-1-5-12(14)11-16-22-19-18(13-6-3-8-15(13)27-19)20(26)23(16)10-4-9-17(24)25/h1-2,5,7H,3-4,6,8-11H2,(H,24,25). The van der Waals surface area contributed by atoms with Crippen molar-refractivity contribution < 1.29 is 14.3 Å². The van der Waals surface area contributed by atoms with Crippen LogP contribution in [0.2, 0.25) is 0 Å². The number of fused-ring (bicyclic) bond motifs is 3. The number of nitrogens with zero attached hydrogens (tertiary/aromatic N) is 2. The number of hydrogen-bond donors (Lipinski definition) is 1. The molecule has 7 heteroatoms. The molecule has 0 unspecified atom stereocenters. The number of carboxylic acid groups (broad SMARTS) is 1. The molecule has 1 aliphatic carbocycles. The number of hydrogen-bond acceptors (Lipinski definition) is 4. The summed E-state index contributed by atoms with van der Waals surface area (Å²) in [5.41, 5.74) is 1.44. The minimum absolute atomic E-state index is 0.0225. The van der Waals surface area contributed by atoms with Crippen molar-refractivity contribution >= 4 is 27.5 Å². The van der Waals surface area contributed by atoms with Gasteiger partial charge in [0.2, 0.25) is 0 Å². The number of thiophene rings is 1. The Kier molecular flexibility index (Phi) is 4.78. The zero-order valence-electron chi connectivity index (χ0n) is 14.7. The summed E-state index contributed by atoms with van der Waals surface area (Å²) in [7, 11) is 0. The first-order valence-corrected chi connectivity index (χ1v) is 9.85. The number of aliphatic carboxylic acids is 1. The highest BCUT2D eigenvalue weighted by molar-refractivity contribution is 7.18. The Hall–Kier alpha value is -2.54. The highest BCUT2D eigenvalue weighted by Gasteiger charge is 2.23. The molecule has 0 atom stereocenters. The summed E-state index contributed by atoms with van der Waals surface area (Å²) in [4.78, 5) is 30.7. The lowest BCUT2D eigenvalue weighted by molar-refractivity contribution is -0.137. The summed E-state index contributed by atoms with van der Waals surface area (Å²) in [5, 5.41) is 9.58. The molecular weight excluding hydrogens is 367 g/mol. The zero-order valence-corrected chi connectivity index (χ0v) is 15.5. The van der Waals surface area contributed by atoms with Crippen molar-refractivity contribution in [3.8, 4) is 0 Å². The van der Waals surface area contributed by atoms with Crippen LogP contribution in [0.1, 0.15) is 41.1 Å². The molecule has 27 heavy (non-hydrogen) atoms. The molecular formula is C20H19FN2O3S. The van der Waals surface area contributed by atoms with Gasteiger partial charge in [-0.15, -0.1) is 11.3 Å². The normalized spacial score (nSPS) is 13.2. The molecule has 0 fully saturated rings. The van der Waals surface area contributed by atoms with Crippen LogP contribution in [0.3, 0.4) is 0 Å². The number of aromatic nitrogens is 2. The molecule has 0 saturated heterocycles. The number of halogens is 1. The lowest BCUT2D eigenvalue weighted by atomic mass is 10.1. The monoisotopic (exact) mass is 386 g/mol. The first kappa shape index (κ1) is 17.9. The molecule has 0 spiro atoms. The summed E-state index contributed by atoms with van der Waals surface area (Å²) >= 11 is 1.55. The second-order valence-corrected chi connectivity index (χ2v) is 7.87. The van der Waals surface area contributed by atoms with Crippen LogP contribution >= 0.6 is 11.3 Å². The maximum atomic E-state index is 14.1. The number of carboxylic acids is 1. The van der Waals surface area contributed by atoms with E-state index in [0.717, 1.165) is 24.8 Å². The SMILES string of the molecule is O=C(O)CCCn1c(Cc2ccccc2F)nc2sc3c(c2c1=O)CCC3. The maximum absolute atomic E-state index is 14.1. The molecule has 1 N–H and O–H groups in total. The Morgan fingerprint density at radius 1 is 1.30 bits per heavy atom. The maximum Gasteiger partial charge on any atom is 0.303 e. The Morgan fingerprint density at radius 3 is 2.89 bits per heavy atom. The van der Waals surface area contributed by atoms with Crippen molar-refractivity contribution in [2.75, 3.05) is 0 Å². The summed E-state index contributed by atoms with van der Waals surface area (Å²) in [6.07, 6.45) is 3.41. The first-order chi connectivity index (χ1) is 13.0. The van der Waals surface area contributed by atoms with E-state index >= 15 is 0 Å². The molecule has 2 heterocycles. The van der Waals surface area contributed by atoms with Gasteiger partial charge in [0.25, 0.3) is 5.56 Å². The van der Waals surface area contributed by atoms with Crippen molar-refractivity contribution in [2.45, 2.75) is 45.1 Å². The highest BCUT2D eigenvalue weighted by atomic mass is 32.1. The molecule has 0 amide bonds. The van der Waals surface area contributed by atoms with Crippen LogP contribution in [0.5, 0.6) is 0 Å². The first-order valence-electron chi connectivity index (χ1n) is 9.03. The van der Waals surface area contributed by atoms with Crippen molar-refractivity contribution in [2.24, 2.45) is 0 Å². The Balaban J connectivity index is 1.81. The van der Waals surface area contributed by atoms with Crippen molar-refractivity contribution in [1.82, 2.24) is 9.55 Å². The molecule has 5 nitrogen and oxygen atoms in total. The predicted octanol–water partition coefficient (Wildman–Crippen LogP) is 3.54. The number of aryl methyl sites for hydroxylation is 2. The molecule has 1 aliphatic rings. The van der Waals surface area contributed by atoms with E-state index in [0.29, 0.717) is 28.0 Å². The summed E-state index contributed by atoms with van der Waals surface area (Å²) in [5.74, 6) is -0.746. The third-order valence-corrected chi connectivity index (χ3v) is 6.17. The van der Waals surface area contributed by atoms with Gasteiger partial charge in [0.1, 0.15) is 16.5 Å². The Labute approximate surface area is 159 Å². The fourth-order valence-corrected chi connectivity index (χ4v) is 4.96. The third kappa shape index (κ3) is 3.39. The van der Waals surface area contributed by atoms with Gasteiger partial charge in [-0.2, -0.15) is 0 Å². The van der Waals surface area contributed by atoms with E-state index in [1.54, 1.807) is 34.1 Å². The molecule has 0 saturated carbocycles. The second-order valence-electron chi connectivity index (χ2n) is 6.79. The highest BCUT2D eigenvalue weighted by Crippen LogP contribution is 2.35. The van der Waals surface area contributed by atoms with Gasteiger partial charge in [0.05, 0.1) is 5.39 Å². The molecule has 0 bridgehead atoms. The van der Waals surface area contributed by atoms with Crippen molar-refractivity contribution in [1.29, 1.82) is 0 Å². The van der Waals surface area contributed by atoms with Crippen LogP contribution in [-0.2, 0) is 30.6 Å². The van der Waals surface area contributed by atoms with Crippen LogP contribution in [0, 0.1) is 5.82 Å². The van der Waals surface area contributed by atoms with Gasteiger partial charge in [-0.25, -0.2) is 9.37 Å². The number of rotatable bonds is 6. The van der Waals surface area contributed by atoms with E-state index in [1.807, 2.05) is 0 Å². The van der Waals surface area contributed by atoms with Crippen LogP contribution < -0.4 is 5.56 Å². The van der Waals surface area contributed by atoms with Crippen LogP contribution in [-0.4, -0.2) is 20.6 Å². The average molecular weight is 386 g/mol. The molecule has 140 valence electrons. The molecule has 1 aromatic carbocycles. The molecule has 2 aromatic heterocycles. The smallest absolute Gasteiger partial charge is 0.303 e. The predicted molar refractivity (Wildman–Crippen MR) is 102 cm³/mol. The largest absolute Gasteiger partial charge is 0.481 e. The van der Waals surface area contributed by atoms with Gasteiger partial charge in [-0.05, 0) is 42.9 Å². The van der Waals surface area contributed by atoms with E-state index < -0.39 is 5.97 Å². The van der Waals surface area contributed by atoms with Crippen molar-refractivity contribution in [3.63, 3.8) is 0 Å². The van der Waals surface area contributed by atoms with E-state index in [4.69, 9.17) is 10.1 Å². The zero-order chi connectivity index (χ0) is 19.0. The van der Waals surface area contributed by atoms with Crippen molar-refractivity contribution in [3.05, 3.63) is 62.3 Å². The minimum Gasteiger partial charge on any atom is -0.481 e. The van der Waals surface area contributed by atoms with Crippen LogP contribution in [0.25, 0.3) is 10.2 Å². The number of benzene rings is 1. The van der Waals surface area contributed by atoms with Gasteiger partial charge in [-0.1, -0.05) is 18.2 Å². The van der Waals surface area contributed by atoms with E-state index in [2.05, 4.69) is 0 Å². The van der Waals surface area contributed by atoms with Crippen LogP contribution in [0.15, 0.2) is 29.1 Å². The quantitative estimate of drug-likeness (QED) is 0.703. The lowest BCUT2D eigenvalue weighted by Gasteiger charge is -2.13. The minimum atomic E-state index is -0.899. The summed E-state index contributed by atoms with van der Waals surface area (Å²) in [6.45, 7) is 0.266. The molecule has 4 rings (SSSR count). The average Bonchev–Trinajstić information content (AvgIpc) is 3.20. The van der Waals surface area contributed by atoms with Gasteiger partial charge < -0.3 is 5.11 Å². The Bertz CT molecular complexity index is 1090. The lowest BCUT2D eigenvalue weighted by Crippen LogP contribution is -2.26. The molecule has 0 aliphatic heterocycles. The van der Waals surface area contributed by atoms with E-state index in [1.165, 1.54) is 10.9 Å². The molecule has 0 radical (unpaired) electrons. The van der Waals surface area contributed by atoms with E-state index in [9.17, 15) is 14.0 Å². The van der Waals surface area contributed by atoms with Gasteiger partial charge in [0.15, 0.2) is 0 Å². The fourth-order valence-electron chi connectivity index (χ4n) is 3.68. The van der Waals surface area contributed by atoms with E-state index in [-0.39, 0.29) is 30.8 Å². The topological polar surface area (TPSA) is 72.2 Å². The second kappa shape index (κ2) is 7.23.